The molecule has 2 atom stereocenters. The summed E-state index contributed by atoms with van der Waals surface area (Å²) in [5.74, 6) is 0. The molecule has 0 radical (unpaired) electrons. The van der Waals surface area contributed by atoms with Crippen molar-refractivity contribution in [2.45, 2.75) is 51.1 Å². The van der Waals surface area contributed by atoms with Gasteiger partial charge in [-0.1, -0.05) is 31.5 Å². The second kappa shape index (κ2) is 6.80. The van der Waals surface area contributed by atoms with E-state index in [1.54, 1.807) is 0 Å². The third-order valence-electron chi connectivity index (χ3n) is 5.19. The van der Waals surface area contributed by atoms with Crippen molar-refractivity contribution in [1.82, 2.24) is 4.90 Å². The van der Waals surface area contributed by atoms with Gasteiger partial charge in [0.25, 0.3) is 0 Å². The number of rotatable bonds is 4. The highest BCUT2D eigenvalue weighted by molar-refractivity contribution is 5.56. The molecule has 0 aromatic heterocycles. The molecule has 0 amide bonds. The van der Waals surface area contributed by atoms with Gasteiger partial charge < -0.3 is 10.6 Å². The summed E-state index contributed by atoms with van der Waals surface area (Å²) in [6, 6.07) is 9.63. The van der Waals surface area contributed by atoms with E-state index in [1.807, 2.05) is 0 Å². The summed E-state index contributed by atoms with van der Waals surface area (Å²) in [6.07, 6.45) is 6.48. The Balaban J connectivity index is 1.71. The molecule has 2 unspecified atom stereocenters. The first-order valence-electron chi connectivity index (χ1n) is 8.63. The van der Waals surface area contributed by atoms with Crippen LogP contribution in [0.2, 0.25) is 0 Å². The quantitative estimate of drug-likeness (QED) is 0.923. The highest BCUT2D eigenvalue weighted by Gasteiger charge is 2.29. The number of hydrogen-bond donors (Lipinski definition) is 1. The molecule has 0 aliphatic carbocycles. The van der Waals surface area contributed by atoms with Crippen LogP contribution in [0, 0.1) is 0 Å². The molecule has 3 nitrogen and oxygen atoms in total. The van der Waals surface area contributed by atoms with E-state index in [1.165, 1.54) is 63.1 Å². The molecule has 21 heavy (non-hydrogen) atoms. The first kappa shape index (κ1) is 14.9. The number of piperidine rings is 1. The number of likely N-dealkylation sites (tertiary alicyclic amines) is 1. The van der Waals surface area contributed by atoms with E-state index in [0.29, 0.717) is 0 Å². The Morgan fingerprint density at radius 1 is 1.14 bits per heavy atom. The predicted octanol–water partition coefficient (Wildman–Crippen LogP) is 3.16. The van der Waals surface area contributed by atoms with E-state index in [2.05, 4.69) is 41.0 Å². The van der Waals surface area contributed by atoms with Gasteiger partial charge in [0.1, 0.15) is 0 Å². The number of para-hydroxylation sites is 1. The summed E-state index contributed by atoms with van der Waals surface area (Å²) in [7, 11) is 0. The van der Waals surface area contributed by atoms with Gasteiger partial charge in [-0.05, 0) is 50.4 Å². The molecular weight excluding hydrogens is 258 g/mol. The molecular formula is C18H29N3. The molecule has 3 rings (SSSR count). The maximum atomic E-state index is 6.30. The van der Waals surface area contributed by atoms with Crippen LogP contribution in [0.5, 0.6) is 0 Å². The summed E-state index contributed by atoms with van der Waals surface area (Å²) in [4.78, 5) is 5.27. The van der Waals surface area contributed by atoms with Crippen molar-refractivity contribution < 1.29 is 0 Å². The molecule has 2 N–H and O–H groups in total. The van der Waals surface area contributed by atoms with Crippen LogP contribution in [-0.4, -0.2) is 37.1 Å². The zero-order chi connectivity index (χ0) is 14.7. The SMILES string of the molecule is CCC(N)c1ccccc1N1CCC(N2CCCCC2)C1. The smallest absolute Gasteiger partial charge is 0.0415 e. The normalized spacial score (nSPS) is 25.2. The van der Waals surface area contributed by atoms with Gasteiger partial charge in [-0.25, -0.2) is 0 Å². The van der Waals surface area contributed by atoms with Crippen LogP contribution in [0.1, 0.15) is 50.6 Å². The Kier molecular flexibility index (Phi) is 4.81. The molecule has 0 saturated carbocycles. The van der Waals surface area contributed by atoms with Gasteiger partial charge >= 0.3 is 0 Å². The summed E-state index contributed by atoms with van der Waals surface area (Å²) in [5.41, 5.74) is 8.99. The monoisotopic (exact) mass is 287 g/mol. The maximum absolute atomic E-state index is 6.30. The maximum Gasteiger partial charge on any atom is 0.0415 e. The minimum Gasteiger partial charge on any atom is -0.370 e. The zero-order valence-electron chi connectivity index (χ0n) is 13.3. The number of benzene rings is 1. The van der Waals surface area contributed by atoms with Crippen molar-refractivity contribution in [3.05, 3.63) is 29.8 Å². The molecule has 2 saturated heterocycles. The lowest BCUT2D eigenvalue weighted by molar-refractivity contribution is 0.175. The third kappa shape index (κ3) is 3.24. The van der Waals surface area contributed by atoms with Gasteiger partial charge in [0.05, 0.1) is 0 Å². The summed E-state index contributed by atoms with van der Waals surface area (Å²) < 4.78 is 0. The van der Waals surface area contributed by atoms with Crippen LogP contribution < -0.4 is 10.6 Å². The van der Waals surface area contributed by atoms with Crippen molar-refractivity contribution in [1.29, 1.82) is 0 Å². The topological polar surface area (TPSA) is 32.5 Å². The van der Waals surface area contributed by atoms with Gasteiger partial charge in [-0.3, -0.25) is 4.90 Å². The fraction of sp³-hybridized carbons (Fsp3) is 0.667. The van der Waals surface area contributed by atoms with E-state index in [9.17, 15) is 0 Å². The highest BCUT2D eigenvalue weighted by atomic mass is 15.3. The molecule has 2 heterocycles. The van der Waals surface area contributed by atoms with Gasteiger partial charge in [-0.15, -0.1) is 0 Å². The predicted molar refractivity (Wildman–Crippen MR) is 89.7 cm³/mol. The molecule has 2 aliphatic rings. The van der Waals surface area contributed by atoms with Crippen LogP contribution in [0.25, 0.3) is 0 Å². The van der Waals surface area contributed by atoms with Crippen molar-refractivity contribution in [2.75, 3.05) is 31.1 Å². The number of hydrogen-bond acceptors (Lipinski definition) is 3. The second-order valence-corrected chi connectivity index (χ2v) is 6.56. The Hall–Kier alpha value is -1.06. The van der Waals surface area contributed by atoms with Crippen molar-refractivity contribution in [3.63, 3.8) is 0 Å². The van der Waals surface area contributed by atoms with Crippen molar-refractivity contribution in [2.24, 2.45) is 5.73 Å². The third-order valence-corrected chi connectivity index (χ3v) is 5.19. The lowest BCUT2D eigenvalue weighted by atomic mass is 10.0. The van der Waals surface area contributed by atoms with Gasteiger partial charge in [-0.2, -0.15) is 0 Å². The zero-order valence-corrected chi connectivity index (χ0v) is 13.3. The summed E-state index contributed by atoms with van der Waals surface area (Å²) in [6.45, 7) is 7.12. The van der Waals surface area contributed by atoms with Gasteiger partial charge in [0.15, 0.2) is 0 Å². The first-order chi connectivity index (χ1) is 10.3. The fourth-order valence-electron chi connectivity index (χ4n) is 3.85. The number of nitrogens with two attached hydrogens (primary N) is 1. The van der Waals surface area contributed by atoms with Crippen LogP contribution in [0.3, 0.4) is 0 Å². The molecule has 3 heteroatoms. The molecule has 0 bridgehead atoms. The lowest BCUT2D eigenvalue weighted by Crippen LogP contribution is -2.41. The summed E-state index contributed by atoms with van der Waals surface area (Å²) >= 11 is 0. The van der Waals surface area contributed by atoms with E-state index >= 15 is 0 Å². The molecule has 2 aliphatic heterocycles. The average molecular weight is 287 g/mol. The molecule has 0 spiro atoms. The lowest BCUT2D eigenvalue weighted by Gasteiger charge is -2.32. The number of nitrogens with zero attached hydrogens (tertiary/aromatic N) is 2. The van der Waals surface area contributed by atoms with Crippen LogP contribution >= 0.6 is 0 Å². The van der Waals surface area contributed by atoms with Crippen LogP contribution in [0.4, 0.5) is 5.69 Å². The van der Waals surface area contributed by atoms with E-state index in [0.717, 1.165) is 12.5 Å². The van der Waals surface area contributed by atoms with E-state index in [-0.39, 0.29) is 6.04 Å². The van der Waals surface area contributed by atoms with E-state index < -0.39 is 0 Å². The number of anilines is 1. The van der Waals surface area contributed by atoms with Crippen molar-refractivity contribution in [3.8, 4) is 0 Å². The molecule has 1 aromatic carbocycles. The standard InChI is InChI=1S/C18H29N3/c1-2-17(19)16-8-4-5-9-18(16)21-13-10-15(14-21)20-11-6-3-7-12-20/h4-5,8-9,15,17H,2-3,6-7,10-14,19H2,1H3. The average Bonchev–Trinajstić information content (AvgIpc) is 3.05. The second-order valence-electron chi connectivity index (χ2n) is 6.56. The minimum atomic E-state index is 0.162. The largest absolute Gasteiger partial charge is 0.370 e. The Labute approximate surface area is 129 Å². The first-order valence-corrected chi connectivity index (χ1v) is 8.63. The molecule has 1 aromatic rings. The fourth-order valence-corrected chi connectivity index (χ4v) is 3.85. The van der Waals surface area contributed by atoms with Crippen LogP contribution in [0.15, 0.2) is 24.3 Å². The Morgan fingerprint density at radius 3 is 2.67 bits per heavy atom. The van der Waals surface area contributed by atoms with Gasteiger partial charge in [0, 0.05) is 30.9 Å². The Bertz CT molecular complexity index is 454. The van der Waals surface area contributed by atoms with Crippen molar-refractivity contribution >= 4 is 5.69 Å². The summed E-state index contributed by atoms with van der Waals surface area (Å²) in [5, 5.41) is 0. The van der Waals surface area contributed by atoms with E-state index in [4.69, 9.17) is 5.73 Å². The molecule has 116 valence electrons. The van der Waals surface area contributed by atoms with Crippen LogP contribution in [-0.2, 0) is 0 Å². The molecule has 2 fully saturated rings. The minimum absolute atomic E-state index is 0.162. The Morgan fingerprint density at radius 2 is 1.90 bits per heavy atom. The highest BCUT2D eigenvalue weighted by Crippen LogP contribution is 2.31. The van der Waals surface area contributed by atoms with Gasteiger partial charge in [0.2, 0.25) is 0 Å².